The van der Waals surface area contributed by atoms with Gasteiger partial charge in [0.15, 0.2) is 0 Å². The minimum absolute atomic E-state index is 0.175. The maximum atomic E-state index is 14.5. The summed E-state index contributed by atoms with van der Waals surface area (Å²) in [6, 6.07) is 5.26. The molecule has 0 spiro atoms. The normalized spacial score (nSPS) is 11.6. The van der Waals surface area contributed by atoms with Gasteiger partial charge in [0.1, 0.15) is 40.4 Å². The molecule has 0 N–H and O–H groups in total. The number of ether oxygens (including phenoxy) is 1. The van der Waals surface area contributed by atoms with E-state index in [2.05, 4.69) is 4.74 Å². The Morgan fingerprint density at radius 2 is 1.39 bits per heavy atom. The Balaban J connectivity index is 1.96. The zero-order valence-electron chi connectivity index (χ0n) is 15.9. The molecule has 0 aliphatic heterocycles. The summed E-state index contributed by atoms with van der Waals surface area (Å²) in [6.45, 7) is 1.74. The Bertz CT molecular complexity index is 1080. The van der Waals surface area contributed by atoms with Crippen LogP contribution in [0.15, 0.2) is 42.5 Å². The monoisotopic (exact) mass is 462 g/mol. The number of benzene rings is 3. The van der Waals surface area contributed by atoms with Gasteiger partial charge in [-0.3, -0.25) is 0 Å². The average Bonchev–Trinajstić information content (AvgIpc) is 2.63. The molecule has 0 amide bonds. The van der Waals surface area contributed by atoms with Crippen molar-refractivity contribution in [3.05, 3.63) is 87.7 Å². The summed E-state index contributed by atoms with van der Waals surface area (Å²) in [5.74, 6) is -7.78. The quantitative estimate of drug-likeness (QED) is 0.340. The highest BCUT2D eigenvalue weighted by molar-refractivity contribution is 6.30. The predicted octanol–water partition coefficient (Wildman–Crippen LogP) is 7.78. The van der Waals surface area contributed by atoms with Gasteiger partial charge < -0.3 is 4.74 Å². The number of hydrogen-bond acceptors (Lipinski definition) is 1. The van der Waals surface area contributed by atoms with Crippen LogP contribution in [0.2, 0.25) is 5.02 Å². The third-order valence-corrected chi connectivity index (χ3v) is 4.71. The molecule has 9 heteroatoms. The second-order valence-corrected chi connectivity index (χ2v) is 7.10. The fourth-order valence-electron chi connectivity index (χ4n) is 3.07. The van der Waals surface area contributed by atoms with Crippen LogP contribution in [-0.4, -0.2) is 0 Å². The summed E-state index contributed by atoms with van der Waals surface area (Å²) in [5, 5.41) is -0.279. The molecule has 0 aliphatic rings. The molecule has 0 aliphatic carbocycles. The lowest BCUT2D eigenvalue weighted by molar-refractivity contribution is -0.189. The largest absolute Gasteiger partial charge is 0.432 e. The Morgan fingerprint density at radius 3 is 1.90 bits per heavy atom. The summed E-state index contributed by atoms with van der Waals surface area (Å²) in [5.41, 5.74) is -2.46. The van der Waals surface area contributed by atoms with Crippen molar-refractivity contribution in [2.24, 2.45) is 0 Å². The van der Waals surface area contributed by atoms with E-state index in [1.807, 2.05) is 0 Å². The number of aryl methyl sites for hydroxylation is 1. The van der Waals surface area contributed by atoms with Crippen LogP contribution in [-0.2, 0) is 12.5 Å². The van der Waals surface area contributed by atoms with Crippen LogP contribution in [0.3, 0.4) is 0 Å². The van der Waals surface area contributed by atoms with Gasteiger partial charge in [0, 0.05) is 12.1 Å². The lowest BCUT2D eigenvalue weighted by Crippen LogP contribution is -2.25. The van der Waals surface area contributed by atoms with E-state index < -0.39 is 52.1 Å². The summed E-state index contributed by atoms with van der Waals surface area (Å²) < 4.78 is 104. The van der Waals surface area contributed by atoms with E-state index >= 15 is 0 Å². The molecular weight excluding hydrogens is 449 g/mol. The van der Waals surface area contributed by atoms with Crippen molar-refractivity contribution < 1.29 is 35.5 Å². The summed E-state index contributed by atoms with van der Waals surface area (Å²) >= 11 is 5.53. The smallest absolute Gasteiger partial charge is 0.429 e. The first-order valence-electron chi connectivity index (χ1n) is 9.03. The molecule has 0 bridgehead atoms. The summed E-state index contributed by atoms with van der Waals surface area (Å²) in [4.78, 5) is 0. The van der Waals surface area contributed by atoms with E-state index in [0.29, 0.717) is 18.6 Å². The molecule has 164 valence electrons. The fraction of sp³-hybridized carbons (Fsp3) is 0.182. The van der Waals surface area contributed by atoms with Crippen LogP contribution in [0, 0.1) is 29.1 Å². The minimum Gasteiger partial charge on any atom is -0.429 e. The zero-order valence-corrected chi connectivity index (χ0v) is 16.6. The molecule has 0 unspecified atom stereocenters. The third-order valence-electron chi connectivity index (χ3n) is 4.40. The van der Waals surface area contributed by atoms with Crippen LogP contribution in [0.1, 0.15) is 24.5 Å². The van der Waals surface area contributed by atoms with Crippen molar-refractivity contribution in [2.45, 2.75) is 25.9 Å². The van der Waals surface area contributed by atoms with Crippen molar-refractivity contribution in [3.8, 4) is 16.9 Å². The van der Waals surface area contributed by atoms with Crippen molar-refractivity contribution >= 4 is 11.6 Å². The first-order valence-corrected chi connectivity index (χ1v) is 9.41. The molecule has 0 aromatic heterocycles. The van der Waals surface area contributed by atoms with Crippen LogP contribution in [0.25, 0.3) is 11.1 Å². The van der Waals surface area contributed by atoms with Gasteiger partial charge in [-0.25, -0.2) is 22.0 Å². The van der Waals surface area contributed by atoms with Gasteiger partial charge in [0.25, 0.3) is 0 Å². The minimum atomic E-state index is -4.56. The molecule has 0 saturated heterocycles. The topological polar surface area (TPSA) is 9.23 Å². The Morgan fingerprint density at radius 1 is 0.806 bits per heavy atom. The van der Waals surface area contributed by atoms with Crippen LogP contribution in [0.4, 0.5) is 30.7 Å². The zero-order chi connectivity index (χ0) is 22.9. The van der Waals surface area contributed by atoms with Crippen LogP contribution < -0.4 is 4.74 Å². The average molecular weight is 463 g/mol. The van der Waals surface area contributed by atoms with Gasteiger partial charge in [-0.1, -0.05) is 31.0 Å². The van der Waals surface area contributed by atoms with Crippen molar-refractivity contribution in [3.63, 3.8) is 0 Å². The fourth-order valence-corrected chi connectivity index (χ4v) is 3.19. The standard InChI is InChI=1S/C22H14ClF7O/c1-2-3-11-6-18(27)21(19(28)7-11)22(29,30)31-13-9-16(25)20(17(26)10-13)12-4-5-14(23)15(24)8-12/h4-10H,2-3H2,1H3. The molecule has 3 aromatic rings. The first-order chi connectivity index (χ1) is 14.5. The number of rotatable bonds is 6. The Kier molecular flexibility index (Phi) is 6.50. The molecule has 0 heterocycles. The lowest BCUT2D eigenvalue weighted by atomic mass is 10.0. The molecule has 3 rings (SSSR count). The van der Waals surface area contributed by atoms with E-state index in [4.69, 9.17) is 11.6 Å². The maximum Gasteiger partial charge on any atom is 0.432 e. The van der Waals surface area contributed by atoms with Gasteiger partial charge in [-0.15, -0.1) is 0 Å². The highest BCUT2D eigenvalue weighted by atomic mass is 35.5. The van der Waals surface area contributed by atoms with Crippen molar-refractivity contribution in [1.82, 2.24) is 0 Å². The lowest BCUT2D eigenvalue weighted by Gasteiger charge is -2.20. The molecule has 0 fully saturated rings. The highest BCUT2D eigenvalue weighted by Gasteiger charge is 2.41. The predicted molar refractivity (Wildman–Crippen MR) is 102 cm³/mol. The van der Waals surface area contributed by atoms with E-state index in [1.54, 1.807) is 6.92 Å². The van der Waals surface area contributed by atoms with Gasteiger partial charge in [-0.2, -0.15) is 8.78 Å². The van der Waals surface area contributed by atoms with Gasteiger partial charge in [-0.05, 0) is 41.8 Å². The van der Waals surface area contributed by atoms with E-state index in [1.165, 1.54) is 0 Å². The second-order valence-electron chi connectivity index (χ2n) is 6.69. The van der Waals surface area contributed by atoms with E-state index in [-0.39, 0.29) is 22.6 Å². The molecule has 31 heavy (non-hydrogen) atoms. The Labute approximate surface area is 178 Å². The SMILES string of the molecule is CCCc1cc(F)c(C(F)(F)Oc2cc(F)c(-c3ccc(Cl)c(F)c3)c(F)c2)c(F)c1. The molecule has 3 aromatic carbocycles. The summed E-state index contributed by atoms with van der Waals surface area (Å²) in [6.07, 6.45) is -3.76. The van der Waals surface area contributed by atoms with Crippen molar-refractivity contribution in [1.29, 1.82) is 0 Å². The maximum absolute atomic E-state index is 14.5. The first kappa shape index (κ1) is 22.9. The number of alkyl halides is 2. The third kappa shape index (κ3) is 4.79. The van der Waals surface area contributed by atoms with Gasteiger partial charge in [0.05, 0.1) is 10.6 Å². The number of halogens is 8. The van der Waals surface area contributed by atoms with Gasteiger partial charge in [0.2, 0.25) is 0 Å². The summed E-state index contributed by atoms with van der Waals surface area (Å²) in [7, 11) is 0. The Hall–Kier alpha value is -2.74. The highest BCUT2D eigenvalue weighted by Crippen LogP contribution is 2.38. The number of hydrogen-bond donors (Lipinski definition) is 0. The molecule has 1 nitrogen and oxygen atoms in total. The second kappa shape index (κ2) is 8.78. The van der Waals surface area contributed by atoms with Crippen molar-refractivity contribution in [2.75, 3.05) is 0 Å². The molecule has 0 atom stereocenters. The van der Waals surface area contributed by atoms with Crippen LogP contribution >= 0.6 is 11.6 Å². The molecule has 0 saturated carbocycles. The van der Waals surface area contributed by atoms with Crippen LogP contribution in [0.5, 0.6) is 5.75 Å². The van der Waals surface area contributed by atoms with Gasteiger partial charge >= 0.3 is 6.11 Å². The molecular formula is C22H14ClF7O. The van der Waals surface area contributed by atoms with E-state index in [0.717, 1.165) is 30.3 Å². The van der Waals surface area contributed by atoms with E-state index in [9.17, 15) is 30.7 Å². The molecule has 0 radical (unpaired) electrons.